The van der Waals surface area contributed by atoms with Crippen molar-refractivity contribution in [2.45, 2.75) is 18.9 Å². The van der Waals surface area contributed by atoms with Gasteiger partial charge in [-0.2, -0.15) is 0 Å². The fourth-order valence-electron chi connectivity index (χ4n) is 2.64. The highest BCUT2D eigenvalue weighted by Crippen LogP contribution is 2.24. The Labute approximate surface area is 120 Å². The van der Waals surface area contributed by atoms with Gasteiger partial charge in [0.25, 0.3) is 5.91 Å². The molecule has 0 saturated carbocycles. The number of carbonyl (C=O) groups excluding carboxylic acids is 1. The quantitative estimate of drug-likeness (QED) is 0.893. The van der Waals surface area contributed by atoms with Gasteiger partial charge < -0.3 is 15.0 Å². The van der Waals surface area contributed by atoms with Crippen molar-refractivity contribution in [3.63, 3.8) is 0 Å². The number of carboxylic acid groups (broad SMARTS) is 1. The van der Waals surface area contributed by atoms with E-state index in [1.807, 2.05) is 0 Å². The van der Waals surface area contributed by atoms with Crippen LogP contribution in [-0.2, 0) is 4.79 Å². The van der Waals surface area contributed by atoms with Crippen LogP contribution in [0.15, 0.2) is 24.3 Å². The van der Waals surface area contributed by atoms with Gasteiger partial charge in [0.05, 0.1) is 0 Å². The van der Waals surface area contributed by atoms with Crippen LogP contribution in [0.3, 0.4) is 0 Å². The average molecular weight is 293 g/mol. The van der Waals surface area contributed by atoms with Crippen molar-refractivity contribution in [2.24, 2.45) is 0 Å². The van der Waals surface area contributed by atoms with Crippen molar-refractivity contribution in [3.05, 3.63) is 35.0 Å². The molecular formula is C14H13ClN2O3. The maximum absolute atomic E-state index is 12.4. The molecule has 1 amide bonds. The van der Waals surface area contributed by atoms with E-state index < -0.39 is 12.0 Å². The first-order valence-corrected chi connectivity index (χ1v) is 6.76. The van der Waals surface area contributed by atoms with E-state index in [0.717, 1.165) is 17.3 Å². The number of carbonyl (C=O) groups is 2. The van der Waals surface area contributed by atoms with E-state index in [0.29, 0.717) is 23.7 Å². The standard InChI is InChI=1S/C14H13ClN2O3/c15-9-3-4-10-8(6-9)7-11(16-10)13(18)17-5-1-2-12(17)14(19)20/h3-4,6-7,12,16H,1-2,5H2,(H,19,20). The second-order valence-electron chi connectivity index (χ2n) is 4.91. The first-order chi connectivity index (χ1) is 9.56. The number of nitrogens with zero attached hydrogens (tertiary/aromatic N) is 1. The molecule has 0 radical (unpaired) electrons. The SMILES string of the molecule is O=C(O)C1CCCN1C(=O)c1cc2cc(Cl)ccc2[nH]1. The molecule has 104 valence electrons. The molecule has 1 aromatic heterocycles. The molecule has 0 spiro atoms. The molecule has 5 nitrogen and oxygen atoms in total. The number of likely N-dealkylation sites (tertiary alicyclic amines) is 1. The molecule has 1 aromatic carbocycles. The van der Waals surface area contributed by atoms with Gasteiger partial charge in [-0.1, -0.05) is 11.6 Å². The third-order valence-corrected chi connectivity index (χ3v) is 3.85. The number of H-pyrrole nitrogens is 1. The van der Waals surface area contributed by atoms with Crippen molar-refractivity contribution < 1.29 is 14.7 Å². The maximum atomic E-state index is 12.4. The number of aliphatic carboxylic acids is 1. The maximum Gasteiger partial charge on any atom is 0.326 e. The Balaban J connectivity index is 1.94. The number of rotatable bonds is 2. The molecule has 1 atom stereocenters. The fourth-order valence-corrected chi connectivity index (χ4v) is 2.82. The third kappa shape index (κ3) is 2.14. The molecule has 1 unspecified atom stereocenters. The van der Waals surface area contributed by atoms with Crippen LogP contribution in [0.1, 0.15) is 23.3 Å². The summed E-state index contributed by atoms with van der Waals surface area (Å²) in [7, 11) is 0. The zero-order valence-corrected chi connectivity index (χ0v) is 11.4. The fraction of sp³-hybridized carbons (Fsp3) is 0.286. The number of carboxylic acids is 1. The van der Waals surface area contributed by atoms with Crippen LogP contribution in [0.2, 0.25) is 5.02 Å². The molecule has 1 saturated heterocycles. The number of nitrogens with one attached hydrogen (secondary N) is 1. The van der Waals surface area contributed by atoms with Crippen LogP contribution in [0.4, 0.5) is 0 Å². The molecular weight excluding hydrogens is 280 g/mol. The number of fused-ring (bicyclic) bond motifs is 1. The summed E-state index contributed by atoms with van der Waals surface area (Å²) in [6, 6.07) is 6.29. The lowest BCUT2D eigenvalue weighted by Gasteiger charge is -2.20. The molecule has 20 heavy (non-hydrogen) atoms. The lowest BCUT2D eigenvalue weighted by Crippen LogP contribution is -2.40. The number of benzene rings is 1. The van der Waals surface area contributed by atoms with Crippen LogP contribution < -0.4 is 0 Å². The summed E-state index contributed by atoms with van der Waals surface area (Å²) in [5, 5.41) is 10.6. The highest BCUT2D eigenvalue weighted by molar-refractivity contribution is 6.31. The van der Waals surface area contributed by atoms with E-state index in [1.165, 1.54) is 4.90 Å². The van der Waals surface area contributed by atoms with Crippen molar-refractivity contribution in [1.82, 2.24) is 9.88 Å². The van der Waals surface area contributed by atoms with Crippen LogP contribution >= 0.6 is 11.6 Å². The molecule has 3 rings (SSSR count). The summed E-state index contributed by atoms with van der Waals surface area (Å²) in [6.45, 7) is 0.478. The molecule has 2 N–H and O–H groups in total. The van der Waals surface area contributed by atoms with Crippen LogP contribution in [-0.4, -0.2) is 39.5 Å². The van der Waals surface area contributed by atoms with Crippen molar-refractivity contribution in [1.29, 1.82) is 0 Å². The molecule has 6 heteroatoms. The van der Waals surface area contributed by atoms with Crippen molar-refractivity contribution in [3.8, 4) is 0 Å². The number of hydrogen-bond donors (Lipinski definition) is 2. The zero-order chi connectivity index (χ0) is 14.3. The van der Waals surface area contributed by atoms with E-state index in [-0.39, 0.29) is 5.91 Å². The Hall–Kier alpha value is -2.01. The monoisotopic (exact) mass is 292 g/mol. The van der Waals surface area contributed by atoms with E-state index in [9.17, 15) is 9.59 Å². The molecule has 1 fully saturated rings. The molecule has 0 aliphatic carbocycles. The van der Waals surface area contributed by atoms with Gasteiger partial charge in [-0.3, -0.25) is 4.79 Å². The summed E-state index contributed by atoms with van der Waals surface area (Å²) in [5.41, 5.74) is 1.21. The van der Waals surface area contributed by atoms with Gasteiger partial charge in [-0.05, 0) is 37.1 Å². The van der Waals surface area contributed by atoms with Gasteiger partial charge in [-0.25, -0.2) is 4.79 Å². The minimum absolute atomic E-state index is 0.276. The predicted molar refractivity (Wildman–Crippen MR) is 75.0 cm³/mol. The summed E-state index contributed by atoms with van der Waals surface area (Å²) in [5.74, 6) is -1.22. The Morgan fingerprint density at radius 1 is 1.35 bits per heavy atom. The summed E-state index contributed by atoms with van der Waals surface area (Å²) < 4.78 is 0. The number of hydrogen-bond acceptors (Lipinski definition) is 2. The summed E-state index contributed by atoms with van der Waals surface area (Å²) in [6.07, 6.45) is 1.22. The Morgan fingerprint density at radius 3 is 2.90 bits per heavy atom. The number of aromatic amines is 1. The van der Waals surface area contributed by atoms with Gasteiger partial charge in [-0.15, -0.1) is 0 Å². The van der Waals surface area contributed by atoms with Crippen LogP contribution in [0.5, 0.6) is 0 Å². The molecule has 2 aromatic rings. The largest absolute Gasteiger partial charge is 0.480 e. The average Bonchev–Trinajstić information content (AvgIpc) is 3.03. The van der Waals surface area contributed by atoms with Gasteiger partial charge in [0.2, 0.25) is 0 Å². The smallest absolute Gasteiger partial charge is 0.326 e. The number of amides is 1. The molecule has 2 heterocycles. The lowest BCUT2D eigenvalue weighted by molar-refractivity contribution is -0.141. The van der Waals surface area contributed by atoms with Crippen LogP contribution in [0, 0.1) is 0 Å². The second kappa shape index (κ2) is 4.83. The first-order valence-electron chi connectivity index (χ1n) is 6.38. The van der Waals surface area contributed by atoms with Crippen molar-refractivity contribution >= 4 is 34.4 Å². The Morgan fingerprint density at radius 2 is 2.15 bits per heavy atom. The number of aromatic nitrogens is 1. The third-order valence-electron chi connectivity index (χ3n) is 3.61. The van der Waals surface area contributed by atoms with E-state index >= 15 is 0 Å². The Kier molecular flexibility index (Phi) is 3.14. The first kappa shape index (κ1) is 13.0. The topological polar surface area (TPSA) is 73.4 Å². The van der Waals surface area contributed by atoms with Crippen molar-refractivity contribution in [2.75, 3.05) is 6.54 Å². The number of halogens is 1. The van der Waals surface area contributed by atoms with E-state index in [1.54, 1.807) is 24.3 Å². The summed E-state index contributed by atoms with van der Waals surface area (Å²) in [4.78, 5) is 28.0. The van der Waals surface area contributed by atoms with Crippen LogP contribution in [0.25, 0.3) is 10.9 Å². The van der Waals surface area contributed by atoms with Gasteiger partial charge in [0.15, 0.2) is 0 Å². The predicted octanol–water partition coefficient (Wildman–Crippen LogP) is 2.51. The minimum Gasteiger partial charge on any atom is -0.480 e. The highest BCUT2D eigenvalue weighted by Gasteiger charge is 2.34. The highest BCUT2D eigenvalue weighted by atomic mass is 35.5. The normalized spacial score (nSPS) is 18.6. The zero-order valence-electron chi connectivity index (χ0n) is 10.6. The van der Waals surface area contributed by atoms with Gasteiger partial charge in [0.1, 0.15) is 11.7 Å². The molecule has 1 aliphatic heterocycles. The van der Waals surface area contributed by atoms with Gasteiger partial charge in [0, 0.05) is 22.5 Å². The lowest BCUT2D eigenvalue weighted by atomic mass is 10.2. The molecule has 0 bridgehead atoms. The minimum atomic E-state index is -0.949. The van der Waals surface area contributed by atoms with E-state index in [2.05, 4.69) is 4.98 Å². The second-order valence-corrected chi connectivity index (χ2v) is 5.35. The van der Waals surface area contributed by atoms with Gasteiger partial charge >= 0.3 is 5.97 Å². The Bertz CT molecular complexity index is 695. The summed E-state index contributed by atoms with van der Waals surface area (Å²) >= 11 is 5.91. The molecule has 1 aliphatic rings. The van der Waals surface area contributed by atoms with E-state index in [4.69, 9.17) is 16.7 Å².